The SMILES string of the molecule is CN(Cc1ccncc1)CC1(CS)CCCCC1. The van der Waals surface area contributed by atoms with Gasteiger partial charge in [0, 0.05) is 25.5 Å². The summed E-state index contributed by atoms with van der Waals surface area (Å²) in [5.41, 5.74) is 1.79. The maximum atomic E-state index is 4.61. The fraction of sp³-hybridized carbons (Fsp3) is 0.667. The lowest BCUT2D eigenvalue weighted by Gasteiger charge is -2.39. The number of nitrogens with zero attached hydrogens (tertiary/aromatic N) is 2. The quantitative estimate of drug-likeness (QED) is 0.821. The molecule has 1 fully saturated rings. The van der Waals surface area contributed by atoms with E-state index in [4.69, 9.17) is 0 Å². The summed E-state index contributed by atoms with van der Waals surface area (Å²) in [6.07, 6.45) is 10.6. The van der Waals surface area contributed by atoms with Crippen molar-refractivity contribution >= 4 is 12.6 Å². The van der Waals surface area contributed by atoms with Crippen LogP contribution in [-0.2, 0) is 6.54 Å². The van der Waals surface area contributed by atoms with Crippen molar-refractivity contribution in [1.82, 2.24) is 9.88 Å². The highest BCUT2D eigenvalue weighted by molar-refractivity contribution is 7.80. The van der Waals surface area contributed by atoms with Gasteiger partial charge in [0.2, 0.25) is 0 Å². The molecule has 0 unspecified atom stereocenters. The summed E-state index contributed by atoms with van der Waals surface area (Å²) in [4.78, 5) is 6.51. The molecule has 0 N–H and O–H groups in total. The number of pyridine rings is 1. The molecule has 0 aliphatic heterocycles. The molecule has 0 atom stereocenters. The third kappa shape index (κ3) is 3.72. The van der Waals surface area contributed by atoms with E-state index in [0.29, 0.717) is 5.41 Å². The second kappa shape index (κ2) is 6.58. The maximum Gasteiger partial charge on any atom is 0.0271 e. The number of aromatic nitrogens is 1. The molecule has 2 rings (SSSR count). The summed E-state index contributed by atoms with van der Waals surface area (Å²) in [5, 5.41) is 0. The van der Waals surface area contributed by atoms with Gasteiger partial charge < -0.3 is 4.90 Å². The lowest BCUT2D eigenvalue weighted by molar-refractivity contribution is 0.140. The van der Waals surface area contributed by atoms with E-state index < -0.39 is 0 Å². The van der Waals surface area contributed by atoms with Gasteiger partial charge in [0.25, 0.3) is 0 Å². The highest BCUT2D eigenvalue weighted by Gasteiger charge is 2.31. The van der Waals surface area contributed by atoms with Crippen LogP contribution in [0.5, 0.6) is 0 Å². The van der Waals surface area contributed by atoms with Gasteiger partial charge in [-0.15, -0.1) is 0 Å². The molecule has 18 heavy (non-hydrogen) atoms. The smallest absolute Gasteiger partial charge is 0.0271 e. The standard InChI is InChI=1S/C15H24N2S/c1-17(11-14-5-9-16-10-6-14)12-15(13-18)7-3-2-4-8-15/h5-6,9-10,18H,2-4,7-8,11-13H2,1H3. The second-order valence-corrected chi connectivity index (χ2v) is 6.06. The molecule has 1 aromatic rings. The zero-order valence-electron chi connectivity index (χ0n) is 11.3. The minimum absolute atomic E-state index is 0.448. The molecule has 1 saturated carbocycles. The van der Waals surface area contributed by atoms with Crippen LogP contribution < -0.4 is 0 Å². The van der Waals surface area contributed by atoms with Gasteiger partial charge in [-0.1, -0.05) is 19.3 Å². The average Bonchev–Trinajstić information content (AvgIpc) is 2.41. The zero-order chi connectivity index (χ0) is 12.8. The Morgan fingerprint density at radius 1 is 1.22 bits per heavy atom. The van der Waals surface area contributed by atoms with Crippen LogP contribution in [0.15, 0.2) is 24.5 Å². The third-order valence-electron chi connectivity index (χ3n) is 4.06. The summed E-state index contributed by atoms with van der Waals surface area (Å²) in [5.74, 6) is 1.02. The minimum atomic E-state index is 0.448. The van der Waals surface area contributed by atoms with E-state index in [-0.39, 0.29) is 0 Å². The molecule has 3 heteroatoms. The van der Waals surface area contributed by atoms with Gasteiger partial charge in [0.15, 0.2) is 0 Å². The highest BCUT2D eigenvalue weighted by atomic mass is 32.1. The summed E-state index contributed by atoms with van der Waals surface area (Å²) in [7, 11) is 2.22. The first-order valence-corrected chi connectivity index (χ1v) is 7.56. The van der Waals surface area contributed by atoms with E-state index in [1.807, 2.05) is 12.4 Å². The van der Waals surface area contributed by atoms with Crippen molar-refractivity contribution in [3.63, 3.8) is 0 Å². The lowest BCUT2D eigenvalue weighted by Crippen LogP contribution is -2.38. The van der Waals surface area contributed by atoms with Crippen LogP contribution in [0.4, 0.5) is 0 Å². The molecular formula is C15H24N2S. The molecule has 0 radical (unpaired) electrons. The zero-order valence-corrected chi connectivity index (χ0v) is 12.2. The molecule has 1 aliphatic rings. The highest BCUT2D eigenvalue weighted by Crippen LogP contribution is 2.37. The molecule has 0 spiro atoms. The van der Waals surface area contributed by atoms with Crippen molar-refractivity contribution in [2.24, 2.45) is 5.41 Å². The first-order chi connectivity index (χ1) is 8.74. The second-order valence-electron chi connectivity index (χ2n) is 5.75. The Balaban J connectivity index is 1.91. The van der Waals surface area contributed by atoms with Crippen LogP contribution in [0.1, 0.15) is 37.7 Å². The fourth-order valence-electron chi connectivity index (χ4n) is 3.10. The van der Waals surface area contributed by atoms with E-state index in [9.17, 15) is 0 Å². The first kappa shape index (κ1) is 13.9. The van der Waals surface area contributed by atoms with E-state index in [0.717, 1.165) is 12.3 Å². The summed E-state index contributed by atoms with van der Waals surface area (Å²) < 4.78 is 0. The normalized spacial score (nSPS) is 19.1. The Labute approximate surface area is 116 Å². The van der Waals surface area contributed by atoms with Crippen LogP contribution in [0.25, 0.3) is 0 Å². The van der Waals surface area contributed by atoms with Gasteiger partial charge in [-0.2, -0.15) is 12.6 Å². The predicted molar refractivity (Wildman–Crippen MR) is 79.9 cm³/mol. The van der Waals surface area contributed by atoms with Crippen molar-refractivity contribution in [2.75, 3.05) is 19.3 Å². The Morgan fingerprint density at radius 2 is 1.89 bits per heavy atom. The number of hydrogen-bond acceptors (Lipinski definition) is 3. The molecule has 0 amide bonds. The van der Waals surface area contributed by atoms with E-state index in [2.05, 4.69) is 41.7 Å². The van der Waals surface area contributed by atoms with Crippen LogP contribution in [-0.4, -0.2) is 29.2 Å². The summed E-state index contributed by atoms with van der Waals surface area (Å²) in [6.45, 7) is 2.18. The van der Waals surface area contributed by atoms with Crippen LogP contribution in [0, 0.1) is 5.41 Å². The molecular weight excluding hydrogens is 240 g/mol. The van der Waals surface area contributed by atoms with Crippen LogP contribution in [0.3, 0.4) is 0 Å². The molecule has 0 saturated heterocycles. The molecule has 1 heterocycles. The van der Waals surface area contributed by atoms with E-state index >= 15 is 0 Å². The number of rotatable bonds is 5. The van der Waals surface area contributed by atoms with Gasteiger partial charge in [-0.25, -0.2) is 0 Å². The Hall–Kier alpha value is -0.540. The molecule has 100 valence electrons. The fourth-order valence-corrected chi connectivity index (χ4v) is 3.51. The van der Waals surface area contributed by atoms with Gasteiger partial charge in [0.05, 0.1) is 0 Å². The Kier molecular flexibility index (Phi) is 5.07. The van der Waals surface area contributed by atoms with Crippen LogP contribution in [0.2, 0.25) is 0 Å². The molecule has 0 bridgehead atoms. The molecule has 2 nitrogen and oxygen atoms in total. The lowest BCUT2D eigenvalue weighted by atomic mass is 9.75. The Morgan fingerprint density at radius 3 is 2.50 bits per heavy atom. The maximum absolute atomic E-state index is 4.61. The van der Waals surface area contributed by atoms with Gasteiger partial charge >= 0.3 is 0 Å². The Bertz CT molecular complexity index is 347. The minimum Gasteiger partial charge on any atom is -0.302 e. The summed E-state index contributed by atoms with van der Waals surface area (Å²) >= 11 is 4.61. The topological polar surface area (TPSA) is 16.1 Å². The van der Waals surface area contributed by atoms with Gasteiger partial charge in [-0.3, -0.25) is 4.98 Å². The molecule has 1 aliphatic carbocycles. The van der Waals surface area contributed by atoms with E-state index in [1.165, 1.54) is 44.2 Å². The van der Waals surface area contributed by atoms with Crippen molar-refractivity contribution in [3.8, 4) is 0 Å². The average molecular weight is 264 g/mol. The van der Waals surface area contributed by atoms with E-state index in [1.54, 1.807) is 0 Å². The monoisotopic (exact) mass is 264 g/mol. The van der Waals surface area contributed by atoms with Gasteiger partial charge in [0.1, 0.15) is 0 Å². The van der Waals surface area contributed by atoms with Gasteiger partial charge in [-0.05, 0) is 48.8 Å². The molecule has 1 aromatic heterocycles. The largest absolute Gasteiger partial charge is 0.302 e. The first-order valence-electron chi connectivity index (χ1n) is 6.92. The van der Waals surface area contributed by atoms with Crippen LogP contribution >= 0.6 is 12.6 Å². The predicted octanol–water partition coefficient (Wildman–Crippen LogP) is 3.39. The third-order valence-corrected chi connectivity index (χ3v) is 4.73. The molecule has 0 aromatic carbocycles. The van der Waals surface area contributed by atoms with Crippen molar-refractivity contribution in [1.29, 1.82) is 0 Å². The number of hydrogen-bond donors (Lipinski definition) is 1. The number of thiol groups is 1. The van der Waals surface area contributed by atoms with Crippen molar-refractivity contribution in [2.45, 2.75) is 38.6 Å². The van der Waals surface area contributed by atoms with Crippen molar-refractivity contribution < 1.29 is 0 Å². The van der Waals surface area contributed by atoms with Crippen molar-refractivity contribution in [3.05, 3.63) is 30.1 Å². The summed E-state index contributed by atoms with van der Waals surface area (Å²) in [6, 6.07) is 4.20.